The Balaban J connectivity index is 1.64. The molecule has 0 spiro atoms. The highest BCUT2D eigenvalue weighted by atomic mass is 15.2. The van der Waals surface area contributed by atoms with Crippen LogP contribution in [0.4, 0.5) is 0 Å². The zero-order chi connectivity index (χ0) is 14.0. The van der Waals surface area contributed by atoms with Crippen LogP contribution in [0.15, 0.2) is 24.3 Å². The molecule has 1 aliphatic carbocycles. The Hall–Kier alpha value is -0.900. The van der Waals surface area contributed by atoms with Gasteiger partial charge in [-0.2, -0.15) is 0 Å². The Kier molecular flexibility index (Phi) is 4.11. The minimum absolute atomic E-state index is 0.142. The summed E-state index contributed by atoms with van der Waals surface area (Å²) in [6.07, 6.45) is 4.96. The van der Waals surface area contributed by atoms with E-state index in [-0.39, 0.29) is 5.54 Å². The van der Waals surface area contributed by atoms with Gasteiger partial charge in [0.1, 0.15) is 0 Å². The van der Waals surface area contributed by atoms with Gasteiger partial charge in [-0.05, 0) is 56.9 Å². The van der Waals surface area contributed by atoms with Crippen LogP contribution in [0.25, 0.3) is 0 Å². The largest absolute Gasteiger partial charge is 0.329 e. The second kappa shape index (κ2) is 5.84. The van der Waals surface area contributed by atoms with Crippen molar-refractivity contribution in [2.45, 2.75) is 31.2 Å². The number of fused-ring (bicyclic) bond motifs is 1. The number of hydrogen-bond acceptors (Lipinski definition) is 3. The van der Waals surface area contributed by atoms with E-state index in [1.807, 2.05) is 0 Å². The molecule has 0 atom stereocenters. The first-order valence-corrected chi connectivity index (χ1v) is 7.94. The fourth-order valence-corrected chi connectivity index (χ4v) is 3.78. The Labute approximate surface area is 122 Å². The highest BCUT2D eigenvalue weighted by molar-refractivity contribution is 5.36. The molecule has 2 aliphatic rings. The second-order valence-corrected chi connectivity index (χ2v) is 6.52. The topological polar surface area (TPSA) is 32.5 Å². The van der Waals surface area contributed by atoms with E-state index in [0.717, 1.165) is 25.9 Å². The number of likely N-dealkylation sites (N-methyl/N-ethyl adjacent to an activating group) is 1. The van der Waals surface area contributed by atoms with Crippen molar-refractivity contribution in [3.63, 3.8) is 0 Å². The molecule has 3 nitrogen and oxygen atoms in total. The van der Waals surface area contributed by atoms with Crippen molar-refractivity contribution in [2.24, 2.45) is 5.73 Å². The Morgan fingerprint density at radius 2 is 1.75 bits per heavy atom. The summed E-state index contributed by atoms with van der Waals surface area (Å²) in [4.78, 5) is 5.11. The maximum atomic E-state index is 6.18. The third-order valence-electron chi connectivity index (χ3n) is 5.30. The van der Waals surface area contributed by atoms with Crippen LogP contribution in [0.5, 0.6) is 0 Å². The molecule has 1 saturated heterocycles. The Morgan fingerprint density at radius 3 is 2.30 bits per heavy atom. The number of benzene rings is 1. The minimum atomic E-state index is 0.142. The average Bonchev–Trinajstić information content (AvgIpc) is 3.12. The third-order valence-corrected chi connectivity index (χ3v) is 5.30. The lowest BCUT2D eigenvalue weighted by atomic mass is 9.94. The maximum absolute atomic E-state index is 6.18. The van der Waals surface area contributed by atoms with E-state index in [1.54, 1.807) is 0 Å². The number of hydrogen-bond donors (Lipinski definition) is 1. The van der Waals surface area contributed by atoms with Crippen molar-refractivity contribution in [1.29, 1.82) is 0 Å². The van der Waals surface area contributed by atoms with E-state index >= 15 is 0 Å². The molecule has 1 aliphatic heterocycles. The predicted octanol–water partition coefficient (Wildman–Crippen LogP) is 1.51. The summed E-state index contributed by atoms with van der Waals surface area (Å²) in [6, 6.07) is 8.83. The molecule has 3 rings (SSSR count). The molecule has 1 fully saturated rings. The second-order valence-electron chi connectivity index (χ2n) is 6.52. The molecule has 1 aromatic rings. The molecule has 20 heavy (non-hydrogen) atoms. The summed E-state index contributed by atoms with van der Waals surface area (Å²) in [5.74, 6) is 0. The van der Waals surface area contributed by atoms with Crippen LogP contribution in [0.2, 0.25) is 0 Å². The summed E-state index contributed by atoms with van der Waals surface area (Å²) in [7, 11) is 2.26. The van der Waals surface area contributed by atoms with Crippen LogP contribution in [-0.4, -0.2) is 55.1 Å². The van der Waals surface area contributed by atoms with E-state index in [2.05, 4.69) is 41.1 Å². The van der Waals surface area contributed by atoms with Crippen LogP contribution < -0.4 is 5.73 Å². The van der Waals surface area contributed by atoms with Crippen molar-refractivity contribution < 1.29 is 0 Å². The van der Waals surface area contributed by atoms with E-state index in [1.165, 1.54) is 43.6 Å². The molecule has 0 radical (unpaired) electrons. The van der Waals surface area contributed by atoms with Crippen LogP contribution in [0, 0.1) is 0 Å². The van der Waals surface area contributed by atoms with Crippen molar-refractivity contribution in [3.8, 4) is 0 Å². The minimum Gasteiger partial charge on any atom is -0.329 e. The van der Waals surface area contributed by atoms with Crippen LogP contribution in [-0.2, 0) is 12.8 Å². The molecule has 2 N–H and O–H groups in total. The summed E-state index contributed by atoms with van der Waals surface area (Å²) >= 11 is 0. The van der Waals surface area contributed by atoms with Crippen molar-refractivity contribution in [2.75, 3.05) is 39.8 Å². The van der Waals surface area contributed by atoms with Crippen LogP contribution >= 0.6 is 0 Å². The average molecular weight is 273 g/mol. The van der Waals surface area contributed by atoms with Crippen LogP contribution in [0.1, 0.15) is 24.0 Å². The number of likely N-dealkylation sites (tertiary alicyclic amines) is 1. The predicted molar refractivity (Wildman–Crippen MR) is 83.9 cm³/mol. The fourth-order valence-electron chi connectivity index (χ4n) is 3.78. The van der Waals surface area contributed by atoms with E-state index in [4.69, 9.17) is 5.73 Å². The van der Waals surface area contributed by atoms with E-state index in [9.17, 15) is 0 Å². The molecule has 1 aromatic carbocycles. The Bertz CT molecular complexity index is 426. The van der Waals surface area contributed by atoms with Gasteiger partial charge in [0.25, 0.3) is 0 Å². The van der Waals surface area contributed by atoms with Gasteiger partial charge in [-0.15, -0.1) is 0 Å². The summed E-state index contributed by atoms with van der Waals surface area (Å²) in [5, 5.41) is 0. The molecule has 1 heterocycles. The van der Waals surface area contributed by atoms with Gasteiger partial charge in [-0.1, -0.05) is 24.3 Å². The highest BCUT2D eigenvalue weighted by Gasteiger charge is 2.39. The molecule has 0 unspecified atom stereocenters. The first-order valence-electron chi connectivity index (χ1n) is 7.94. The number of rotatable bonds is 5. The van der Waals surface area contributed by atoms with Crippen molar-refractivity contribution in [3.05, 3.63) is 35.4 Å². The normalized spacial score (nSPS) is 21.6. The van der Waals surface area contributed by atoms with E-state index < -0.39 is 0 Å². The van der Waals surface area contributed by atoms with Gasteiger partial charge in [-0.25, -0.2) is 0 Å². The van der Waals surface area contributed by atoms with Gasteiger partial charge in [0.2, 0.25) is 0 Å². The SMILES string of the molecule is CN(CCN1CCCC1)C1(CN)Cc2ccccc2C1. The summed E-state index contributed by atoms with van der Waals surface area (Å²) in [5.41, 5.74) is 9.30. The molecular formula is C17H27N3. The molecule has 0 saturated carbocycles. The molecular weight excluding hydrogens is 246 g/mol. The van der Waals surface area contributed by atoms with Crippen molar-refractivity contribution in [1.82, 2.24) is 9.80 Å². The molecule has 0 amide bonds. The Morgan fingerprint density at radius 1 is 1.15 bits per heavy atom. The fraction of sp³-hybridized carbons (Fsp3) is 0.647. The molecule has 0 bridgehead atoms. The quantitative estimate of drug-likeness (QED) is 0.882. The van der Waals surface area contributed by atoms with Gasteiger partial charge >= 0.3 is 0 Å². The molecule has 110 valence electrons. The van der Waals surface area contributed by atoms with Gasteiger partial charge in [0.15, 0.2) is 0 Å². The summed E-state index contributed by atoms with van der Waals surface area (Å²) < 4.78 is 0. The highest BCUT2D eigenvalue weighted by Crippen LogP contribution is 2.33. The van der Waals surface area contributed by atoms with Crippen molar-refractivity contribution >= 4 is 0 Å². The lowest BCUT2D eigenvalue weighted by Crippen LogP contribution is -2.54. The third kappa shape index (κ3) is 2.62. The smallest absolute Gasteiger partial charge is 0.0409 e. The first-order chi connectivity index (χ1) is 9.73. The van der Waals surface area contributed by atoms with E-state index in [0.29, 0.717) is 0 Å². The molecule has 3 heteroatoms. The van der Waals surface area contributed by atoms with Gasteiger partial charge in [-0.3, -0.25) is 4.90 Å². The zero-order valence-corrected chi connectivity index (χ0v) is 12.6. The monoisotopic (exact) mass is 273 g/mol. The first kappa shape index (κ1) is 14.1. The zero-order valence-electron chi connectivity index (χ0n) is 12.6. The van der Waals surface area contributed by atoms with Gasteiger partial charge in [0, 0.05) is 25.2 Å². The van der Waals surface area contributed by atoms with Gasteiger partial charge in [0.05, 0.1) is 0 Å². The lowest BCUT2D eigenvalue weighted by Gasteiger charge is -2.38. The van der Waals surface area contributed by atoms with Gasteiger partial charge < -0.3 is 10.6 Å². The molecule has 0 aromatic heterocycles. The maximum Gasteiger partial charge on any atom is 0.0409 e. The van der Waals surface area contributed by atoms with Crippen LogP contribution in [0.3, 0.4) is 0 Å². The number of nitrogens with two attached hydrogens (primary N) is 1. The standard InChI is InChI=1S/C17H27N3/c1-19(10-11-20-8-4-5-9-20)17(14-18)12-15-6-2-3-7-16(15)13-17/h2-3,6-7H,4-5,8-14,18H2,1H3. The summed E-state index contributed by atoms with van der Waals surface area (Å²) in [6.45, 7) is 5.63. The number of nitrogens with zero attached hydrogens (tertiary/aromatic N) is 2. The lowest BCUT2D eigenvalue weighted by molar-refractivity contribution is 0.120.